The van der Waals surface area contributed by atoms with Gasteiger partial charge in [-0.1, -0.05) is 31.5 Å². The van der Waals surface area contributed by atoms with E-state index in [9.17, 15) is 4.79 Å². The molecule has 3 N–H and O–H groups in total. The quantitative estimate of drug-likeness (QED) is 0.668. The highest BCUT2D eigenvalue weighted by Gasteiger charge is 2.09. The summed E-state index contributed by atoms with van der Waals surface area (Å²) in [5, 5.41) is 2.87. The van der Waals surface area contributed by atoms with Crippen LogP contribution >= 0.6 is 0 Å². The molecule has 4 heteroatoms. The molecule has 0 saturated carbocycles. The van der Waals surface area contributed by atoms with Crippen LogP contribution in [0.3, 0.4) is 0 Å². The number of ether oxygens (including phenoxy) is 1. The van der Waals surface area contributed by atoms with E-state index in [4.69, 9.17) is 10.5 Å². The second-order valence-electron chi connectivity index (χ2n) is 4.42. The Bertz CT molecular complexity index is 380. The Morgan fingerprint density at radius 3 is 2.84 bits per heavy atom. The molecule has 0 radical (unpaired) electrons. The molecule has 0 aromatic heterocycles. The monoisotopic (exact) mass is 264 g/mol. The molecule has 1 rings (SSSR count). The van der Waals surface area contributed by atoms with Crippen LogP contribution in [0.4, 0.5) is 0 Å². The van der Waals surface area contributed by atoms with Crippen LogP contribution in [0.15, 0.2) is 24.3 Å². The van der Waals surface area contributed by atoms with Gasteiger partial charge in [-0.05, 0) is 31.0 Å². The second kappa shape index (κ2) is 9.53. The first-order valence-electron chi connectivity index (χ1n) is 6.93. The van der Waals surface area contributed by atoms with Crippen molar-refractivity contribution in [2.45, 2.75) is 26.2 Å². The summed E-state index contributed by atoms with van der Waals surface area (Å²) >= 11 is 0. The first-order chi connectivity index (χ1) is 9.29. The maximum Gasteiger partial charge on any atom is 0.251 e. The summed E-state index contributed by atoms with van der Waals surface area (Å²) in [5.74, 6) is -0.0526. The molecule has 0 aliphatic heterocycles. The summed E-state index contributed by atoms with van der Waals surface area (Å²) in [4.78, 5) is 12.0. The molecule has 1 aromatic rings. The van der Waals surface area contributed by atoms with Crippen molar-refractivity contribution in [1.29, 1.82) is 0 Å². The van der Waals surface area contributed by atoms with Gasteiger partial charge < -0.3 is 15.8 Å². The number of unbranched alkanes of at least 4 members (excludes halogenated alkanes) is 1. The Morgan fingerprint density at radius 1 is 1.32 bits per heavy atom. The van der Waals surface area contributed by atoms with Crippen LogP contribution in [0, 0.1) is 0 Å². The Kier molecular flexibility index (Phi) is 7.86. The van der Waals surface area contributed by atoms with E-state index in [1.165, 1.54) is 0 Å². The molecule has 0 atom stereocenters. The zero-order chi connectivity index (χ0) is 13.9. The van der Waals surface area contributed by atoms with Crippen molar-refractivity contribution in [2.24, 2.45) is 5.73 Å². The molecule has 0 fully saturated rings. The van der Waals surface area contributed by atoms with E-state index in [2.05, 4.69) is 12.2 Å². The highest BCUT2D eigenvalue weighted by Crippen LogP contribution is 2.08. The van der Waals surface area contributed by atoms with Gasteiger partial charge in [0.2, 0.25) is 0 Å². The molecule has 0 heterocycles. The molecular weight excluding hydrogens is 240 g/mol. The minimum Gasteiger partial charge on any atom is -0.380 e. The molecule has 0 spiro atoms. The van der Waals surface area contributed by atoms with Gasteiger partial charge in [0.05, 0.1) is 6.61 Å². The number of rotatable bonds is 9. The van der Waals surface area contributed by atoms with E-state index in [1.54, 1.807) is 0 Å². The number of nitrogens with one attached hydrogen (secondary N) is 1. The maximum absolute atomic E-state index is 12.0. The van der Waals surface area contributed by atoms with Gasteiger partial charge in [-0.15, -0.1) is 0 Å². The molecular formula is C15H24N2O2. The lowest BCUT2D eigenvalue weighted by molar-refractivity contribution is 0.0912. The van der Waals surface area contributed by atoms with Crippen molar-refractivity contribution in [3.8, 4) is 0 Å². The van der Waals surface area contributed by atoms with Crippen LogP contribution in [-0.2, 0) is 11.2 Å². The normalized spacial score (nSPS) is 10.4. The van der Waals surface area contributed by atoms with E-state index >= 15 is 0 Å². The Labute approximate surface area is 115 Å². The largest absolute Gasteiger partial charge is 0.380 e. The predicted molar refractivity (Wildman–Crippen MR) is 77.3 cm³/mol. The molecule has 0 unspecified atom stereocenters. The van der Waals surface area contributed by atoms with Crippen LogP contribution in [0.2, 0.25) is 0 Å². The van der Waals surface area contributed by atoms with E-state index < -0.39 is 0 Å². The van der Waals surface area contributed by atoms with Gasteiger partial charge in [-0.2, -0.15) is 0 Å². The van der Waals surface area contributed by atoms with Crippen LogP contribution < -0.4 is 11.1 Å². The molecule has 1 aromatic carbocycles. The molecule has 19 heavy (non-hydrogen) atoms. The van der Waals surface area contributed by atoms with Crippen molar-refractivity contribution in [3.63, 3.8) is 0 Å². The van der Waals surface area contributed by atoms with Gasteiger partial charge in [0.25, 0.3) is 5.91 Å². The fourth-order valence-corrected chi connectivity index (χ4v) is 1.80. The number of carbonyl (C=O) groups excluding carboxylic acids is 1. The van der Waals surface area contributed by atoms with Crippen LogP contribution in [0.5, 0.6) is 0 Å². The fourth-order valence-electron chi connectivity index (χ4n) is 1.80. The zero-order valence-corrected chi connectivity index (χ0v) is 11.7. The lowest BCUT2D eigenvalue weighted by Gasteiger charge is -2.09. The van der Waals surface area contributed by atoms with Gasteiger partial charge in [0, 0.05) is 18.7 Å². The molecule has 106 valence electrons. The van der Waals surface area contributed by atoms with Gasteiger partial charge in [0.1, 0.15) is 0 Å². The van der Waals surface area contributed by atoms with Crippen molar-refractivity contribution in [2.75, 3.05) is 26.3 Å². The molecule has 0 aliphatic carbocycles. The predicted octanol–water partition coefficient (Wildman–Crippen LogP) is 1.73. The van der Waals surface area contributed by atoms with E-state index in [0.717, 1.165) is 31.4 Å². The van der Waals surface area contributed by atoms with Crippen LogP contribution in [0.25, 0.3) is 0 Å². The minimum atomic E-state index is -0.0526. The molecule has 0 saturated heterocycles. The number of amides is 1. The Morgan fingerprint density at radius 2 is 2.11 bits per heavy atom. The van der Waals surface area contributed by atoms with Crippen molar-refractivity contribution in [1.82, 2.24) is 5.32 Å². The first kappa shape index (κ1) is 15.7. The van der Waals surface area contributed by atoms with Crippen LogP contribution in [-0.4, -0.2) is 32.2 Å². The van der Waals surface area contributed by atoms with Gasteiger partial charge in [-0.3, -0.25) is 4.79 Å². The standard InChI is InChI=1S/C15H24N2O2/c1-2-3-11-19-12-10-17-15(18)14-7-5-4-6-13(14)8-9-16/h4-7H,2-3,8-12,16H2,1H3,(H,17,18). The lowest BCUT2D eigenvalue weighted by Crippen LogP contribution is -2.28. The van der Waals surface area contributed by atoms with E-state index in [-0.39, 0.29) is 5.91 Å². The summed E-state index contributed by atoms with van der Waals surface area (Å²) in [5.41, 5.74) is 7.25. The molecule has 4 nitrogen and oxygen atoms in total. The molecule has 0 aliphatic rings. The summed E-state index contributed by atoms with van der Waals surface area (Å²) in [6.07, 6.45) is 2.91. The first-order valence-corrected chi connectivity index (χ1v) is 6.93. The fraction of sp³-hybridized carbons (Fsp3) is 0.533. The van der Waals surface area contributed by atoms with Crippen LogP contribution in [0.1, 0.15) is 35.7 Å². The average molecular weight is 264 g/mol. The smallest absolute Gasteiger partial charge is 0.251 e. The summed E-state index contributed by atoms with van der Waals surface area (Å²) in [7, 11) is 0. The number of nitrogens with two attached hydrogens (primary N) is 1. The maximum atomic E-state index is 12.0. The van der Waals surface area contributed by atoms with Gasteiger partial charge >= 0.3 is 0 Å². The highest BCUT2D eigenvalue weighted by molar-refractivity contribution is 5.95. The third kappa shape index (κ3) is 5.85. The third-order valence-electron chi connectivity index (χ3n) is 2.85. The number of benzene rings is 1. The second-order valence-corrected chi connectivity index (χ2v) is 4.42. The van der Waals surface area contributed by atoms with Gasteiger partial charge in [-0.25, -0.2) is 0 Å². The number of hydrogen-bond acceptors (Lipinski definition) is 3. The highest BCUT2D eigenvalue weighted by atomic mass is 16.5. The summed E-state index contributed by atoms with van der Waals surface area (Å²) < 4.78 is 5.40. The topological polar surface area (TPSA) is 64.3 Å². The molecule has 1 amide bonds. The Balaban J connectivity index is 2.36. The molecule has 0 bridgehead atoms. The van der Waals surface area contributed by atoms with Crippen molar-refractivity contribution >= 4 is 5.91 Å². The minimum absolute atomic E-state index is 0.0526. The van der Waals surface area contributed by atoms with Gasteiger partial charge in [0.15, 0.2) is 0 Å². The zero-order valence-electron chi connectivity index (χ0n) is 11.7. The van der Waals surface area contributed by atoms with Crippen molar-refractivity contribution in [3.05, 3.63) is 35.4 Å². The number of hydrogen-bond donors (Lipinski definition) is 2. The van der Waals surface area contributed by atoms with E-state index in [1.807, 2.05) is 24.3 Å². The lowest BCUT2D eigenvalue weighted by atomic mass is 10.0. The summed E-state index contributed by atoms with van der Waals surface area (Å²) in [6, 6.07) is 7.57. The number of carbonyl (C=O) groups is 1. The average Bonchev–Trinajstić information content (AvgIpc) is 2.43. The Hall–Kier alpha value is -1.39. The summed E-state index contributed by atoms with van der Waals surface area (Å²) in [6.45, 7) is 4.53. The third-order valence-corrected chi connectivity index (χ3v) is 2.85. The SMILES string of the molecule is CCCCOCCNC(=O)c1ccccc1CCN. The van der Waals surface area contributed by atoms with Crippen molar-refractivity contribution < 1.29 is 9.53 Å². The van der Waals surface area contributed by atoms with E-state index in [0.29, 0.717) is 25.3 Å².